The van der Waals surface area contributed by atoms with Crippen molar-refractivity contribution >= 4 is 28.5 Å². The van der Waals surface area contributed by atoms with Gasteiger partial charge in [-0.25, -0.2) is 0 Å². The maximum Gasteiger partial charge on any atom is 0.303 e. The zero-order chi connectivity index (χ0) is 26.3. The minimum Gasteiger partial charge on any atom is -0.481 e. The third-order valence-electron chi connectivity index (χ3n) is 8.44. The lowest BCUT2D eigenvalue weighted by Crippen LogP contribution is -2.35. The van der Waals surface area contributed by atoms with Gasteiger partial charge in [-0.2, -0.15) is 0 Å². The summed E-state index contributed by atoms with van der Waals surface area (Å²) in [6.07, 6.45) is 13.9. The van der Waals surface area contributed by atoms with Gasteiger partial charge in [0.1, 0.15) is 0 Å². The van der Waals surface area contributed by atoms with E-state index in [4.69, 9.17) is 5.11 Å². The van der Waals surface area contributed by atoms with E-state index in [1.807, 2.05) is 24.4 Å². The van der Waals surface area contributed by atoms with Crippen molar-refractivity contribution in [2.45, 2.75) is 83.1 Å². The second-order valence-electron chi connectivity index (χ2n) is 11.2. The molecule has 6 heteroatoms. The van der Waals surface area contributed by atoms with Gasteiger partial charge in [0.25, 0.3) is 0 Å². The van der Waals surface area contributed by atoms with Gasteiger partial charge in [0.2, 0.25) is 5.91 Å². The number of aromatic nitrogens is 1. The van der Waals surface area contributed by atoms with E-state index in [-0.39, 0.29) is 18.4 Å². The molecule has 2 aliphatic rings. The molecule has 0 spiro atoms. The summed E-state index contributed by atoms with van der Waals surface area (Å²) in [4.78, 5) is 30.3. The van der Waals surface area contributed by atoms with Gasteiger partial charge in [0, 0.05) is 42.3 Å². The van der Waals surface area contributed by atoms with Crippen LogP contribution in [0.25, 0.3) is 10.9 Å². The molecule has 1 amide bonds. The lowest BCUT2D eigenvalue weighted by Gasteiger charge is -2.34. The molecule has 2 heterocycles. The number of aromatic amines is 1. The molecule has 202 valence electrons. The molecular formula is C32H41N3O3. The van der Waals surface area contributed by atoms with Gasteiger partial charge < -0.3 is 20.3 Å². The predicted octanol–water partition coefficient (Wildman–Crippen LogP) is 6.55. The van der Waals surface area contributed by atoms with Gasteiger partial charge in [-0.3, -0.25) is 9.59 Å². The van der Waals surface area contributed by atoms with E-state index in [0.717, 1.165) is 41.5 Å². The number of hydrogen-bond acceptors (Lipinski definition) is 3. The molecule has 0 radical (unpaired) electrons. The number of carboxylic acids is 1. The summed E-state index contributed by atoms with van der Waals surface area (Å²) in [5.41, 5.74) is 5.44. The summed E-state index contributed by atoms with van der Waals surface area (Å²) < 4.78 is 0. The minimum atomic E-state index is -0.802. The highest BCUT2D eigenvalue weighted by molar-refractivity contribution is 5.86. The Morgan fingerprint density at radius 2 is 1.76 bits per heavy atom. The highest BCUT2D eigenvalue weighted by atomic mass is 16.4. The summed E-state index contributed by atoms with van der Waals surface area (Å²) in [6.45, 7) is 2.17. The third-order valence-corrected chi connectivity index (χ3v) is 8.44. The molecule has 3 aromatic rings. The number of aliphatic carboxylic acids is 1. The number of anilines is 1. The molecule has 1 saturated heterocycles. The van der Waals surface area contributed by atoms with Crippen molar-refractivity contribution in [3.63, 3.8) is 0 Å². The molecule has 2 fully saturated rings. The van der Waals surface area contributed by atoms with E-state index in [1.54, 1.807) is 0 Å². The summed E-state index contributed by atoms with van der Waals surface area (Å²) in [6, 6.07) is 14.7. The Hall–Kier alpha value is -3.28. The van der Waals surface area contributed by atoms with Crippen LogP contribution in [0.1, 0.15) is 86.9 Å². The molecule has 1 aromatic heterocycles. The van der Waals surface area contributed by atoms with Crippen molar-refractivity contribution in [3.05, 3.63) is 65.4 Å². The number of fused-ring (bicyclic) bond motifs is 1. The number of para-hydroxylation sites is 1. The van der Waals surface area contributed by atoms with Crippen LogP contribution in [-0.2, 0) is 22.4 Å². The van der Waals surface area contributed by atoms with Crippen LogP contribution in [0.4, 0.5) is 5.69 Å². The van der Waals surface area contributed by atoms with Crippen molar-refractivity contribution < 1.29 is 14.7 Å². The van der Waals surface area contributed by atoms with Crippen LogP contribution in [0.15, 0.2) is 48.7 Å². The highest BCUT2D eigenvalue weighted by Crippen LogP contribution is 2.36. The molecule has 2 aromatic carbocycles. The lowest BCUT2D eigenvalue weighted by molar-refractivity contribution is -0.137. The fraction of sp³-hybridized carbons (Fsp3) is 0.500. The number of nitrogens with zero attached hydrogens (tertiary/aromatic N) is 1. The van der Waals surface area contributed by atoms with Crippen LogP contribution in [0.5, 0.6) is 0 Å². The first-order chi connectivity index (χ1) is 18.6. The van der Waals surface area contributed by atoms with E-state index < -0.39 is 5.97 Å². The maximum absolute atomic E-state index is 13.5. The van der Waals surface area contributed by atoms with Crippen LogP contribution in [-0.4, -0.2) is 35.1 Å². The Kier molecular flexibility index (Phi) is 8.67. The quantitative estimate of drug-likeness (QED) is 0.286. The van der Waals surface area contributed by atoms with E-state index >= 15 is 0 Å². The normalized spacial score (nSPS) is 17.4. The maximum atomic E-state index is 13.5. The van der Waals surface area contributed by atoms with Crippen molar-refractivity contribution in [1.82, 2.24) is 10.3 Å². The zero-order valence-electron chi connectivity index (χ0n) is 22.4. The monoisotopic (exact) mass is 515 g/mol. The second-order valence-corrected chi connectivity index (χ2v) is 11.2. The molecule has 6 nitrogen and oxygen atoms in total. The van der Waals surface area contributed by atoms with Crippen molar-refractivity contribution in [3.8, 4) is 0 Å². The van der Waals surface area contributed by atoms with Gasteiger partial charge in [0.15, 0.2) is 0 Å². The Balaban J connectivity index is 1.35. The average molecular weight is 516 g/mol. The molecule has 5 rings (SSSR count). The molecule has 0 bridgehead atoms. The molecule has 1 atom stereocenters. The molecule has 1 aliphatic carbocycles. The van der Waals surface area contributed by atoms with Crippen LogP contribution in [0, 0.1) is 5.92 Å². The van der Waals surface area contributed by atoms with Crippen molar-refractivity contribution in [1.29, 1.82) is 0 Å². The Labute approximate surface area is 225 Å². The number of H-pyrrole nitrogens is 1. The van der Waals surface area contributed by atoms with Crippen LogP contribution >= 0.6 is 0 Å². The first kappa shape index (κ1) is 26.3. The Morgan fingerprint density at radius 3 is 2.55 bits per heavy atom. The number of amides is 1. The largest absolute Gasteiger partial charge is 0.481 e. The Morgan fingerprint density at radius 1 is 1.00 bits per heavy atom. The number of piperidine rings is 1. The predicted molar refractivity (Wildman–Crippen MR) is 153 cm³/mol. The number of benzene rings is 2. The first-order valence-corrected chi connectivity index (χ1v) is 14.5. The number of aryl methyl sites for hydroxylation is 1. The van der Waals surface area contributed by atoms with E-state index in [0.29, 0.717) is 18.8 Å². The first-order valence-electron chi connectivity index (χ1n) is 14.5. The molecule has 3 N–H and O–H groups in total. The molecular weight excluding hydrogens is 474 g/mol. The minimum absolute atomic E-state index is 0.00541. The van der Waals surface area contributed by atoms with Gasteiger partial charge >= 0.3 is 5.97 Å². The molecule has 1 saturated carbocycles. The number of carbonyl (C=O) groups is 2. The second kappa shape index (κ2) is 12.5. The highest BCUT2D eigenvalue weighted by Gasteiger charge is 2.26. The SMILES string of the molecule is O=C(O)CCc1c[nH]c2ccc(CC(=O)NC(CC3CCCCC3)c3ccccc3N3CCCCC3)cc12. The van der Waals surface area contributed by atoms with Crippen molar-refractivity contribution in [2.75, 3.05) is 18.0 Å². The number of hydrogen-bond donors (Lipinski definition) is 3. The van der Waals surface area contributed by atoms with Gasteiger partial charge in [-0.1, -0.05) is 56.4 Å². The van der Waals surface area contributed by atoms with Crippen LogP contribution < -0.4 is 10.2 Å². The lowest BCUT2D eigenvalue weighted by atomic mass is 9.83. The molecule has 1 unspecified atom stereocenters. The topological polar surface area (TPSA) is 85.4 Å². The standard InChI is InChI=1S/C32H41N3O3/c36-31(21-24-13-15-28-27(19-24)25(22-33-28)14-16-32(37)38)34-29(20-23-9-3-1-4-10-23)26-11-5-6-12-30(26)35-17-7-2-8-18-35/h5-6,11-13,15,19,22-23,29,33H,1-4,7-10,14,16-18,20-21H2,(H,34,36)(H,37,38). The average Bonchev–Trinajstić information content (AvgIpc) is 3.35. The third kappa shape index (κ3) is 6.58. The number of nitrogens with one attached hydrogen (secondary N) is 2. The smallest absolute Gasteiger partial charge is 0.303 e. The molecule has 38 heavy (non-hydrogen) atoms. The van der Waals surface area contributed by atoms with Crippen molar-refractivity contribution in [2.24, 2.45) is 5.92 Å². The summed E-state index contributed by atoms with van der Waals surface area (Å²) in [5, 5.41) is 13.5. The summed E-state index contributed by atoms with van der Waals surface area (Å²) >= 11 is 0. The van der Waals surface area contributed by atoms with Gasteiger partial charge in [-0.05, 0) is 72.9 Å². The number of rotatable bonds is 10. The van der Waals surface area contributed by atoms with Crippen LogP contribution in [0.2, 0.25) is 0 Å². The fourth-order valence-corrected chi connectivity index (χ4v) is 6.44. The van der Waals surface area contributed by atoms with E-state index in [2.05, 4.69) is 39.5 Å². The van der Waals surface area contributed by atoms with Gasteiger partial charge in [-0.15, -0.1) is 0 Å². The zero-order valence-corrected chi connectivity index (χ0v) is 22.4. The Bertz CT molecular complexity index is 1240. The fourth-order valence-electron chi connectivity index (χ4n) is 6.44. The number of carboxylic acid groups (broad SMARTS) is 1. The van der Waals surface area contributed by atoms with Crippen LogP contribution in [0.3, 0.4) is 0 Å². The van der Waals surface area contributed by atoms with Gasteiger partial charge in [0.05, 0.1) is 12.5 Å². The molecule has 1 aliphatic heterocycles. The summed E-state index contributed by atoms with van der Waals surface area (Å²) in [5.74, 6) is -0.110. The van der Waals surface area contributed by atoms with E-state index in [9.17, 15) is 9.59 Å². The summed E-state index contributed by atoms with van der Waals surface area (Å²) in [7, 11) is 0. The van der Waals surface area contributed by atoms with E-state index in [1.165, 1.54) is 62.6 Å². The number of carbonyl (C=O) groups excluding carboxylic acids is 1.